The fourth-order valence-electron chi connectivity index (χ4n) is 4.69. The largest absolute Gasteiger partial charge is 0.465 e. The Labute approximate surface area is 204 Å². The van der Waals surface area contributed by atoms with Gasteiger partial charge >= 0.3 is 12.1 Å². The van der Waals surface area contributed by atoms with Gasteiger partial charge in [0.15, 0.2) is 0 Å². The van der Waals surface area contributed by atoms with Gasteiger partial charge in [0.2, 0.25) is 0 Å². The quantitative estimate of drug-likeness (QED) is 0.588. The Hall–Kier alpha value is -3.11. The van der Waals surface area contributed by atoms with Crippen LogP contribution in [0.4, 0.5) is 9.59 Å². The first-order valence-corrected chi connectivity index (χ1v) is 12.3. The average Bonchev–Trinajstić information content (AvgIpc) is 3.58. The van der Waals surface area contributed by atoms with Gasteiger partial charge < -0.3 is 19.8 Å². The van der Waals surface area contributed by atoms with E-state index in [-0.39, 0.29) is 23.7 Å². The molecule has 1 N–H and O–H groups in total. The lowest BCUT2D eigenvalue weighted by Gasteiger charge is -2.29. The number of rotatable bonds is 3. The van der Waals surface area contributed by atoms with Gasteiger partial charge in [-0.2, -0.15) is 0 Å². The normalized spacial score (nSPS) is 20.3. The molecular weight excluding hydrogens is 478 g/mol. The summed E-state index contributed by atoms with van der Waals surface area (Å²) in [4.78, 5) is 47.7. The minimum atomic E-state index is -0.959. The number of amides is 3. The topological polar surface area (TPSA) is 99.0 Å². The van der Waals surface area contributed by atoms with Crippen LogP contribution in [0.15, 0.2) is 41.5 Å². The van der Waals surface area contributed by atoms with E-state index in [9.17, 15) is 19.5 Å². The molecule has 0 aliphatic carbocycles. The molecule has 1 aromatic carbocycles. The Morgan fingerprint density at radius 1 is 1.15 bits per heavy atom. The Kier molecular flexibility index (Phi) is 5.95. The van der Waals surface area contributed by atoms with E-state index in [2.05, 4.69) is 4.98 Å². The van der Waals surface area contributed by atoms with Crippen LogP contribution in [0.1, 0.15) is 18.9 Å². The highest BCUT2D eigenvalue weighted by molar-refractivity contribution is 7.22. The van der Waals surface area contributed by atoms with Crippen molar-refractivity contribution in [2.24, 2.45) is 0 Å². The molecule has 178 valence electrons. The molecule has 0 spiro atoms. The van der Waals surface area contributed by atoms with Crippen molar-refractivity contribution in [1.82, 2.24) is 24.3 Å². The Morgan fingerprint density at radius 2 is 1.88 bits per heavy atom. The first-order chi connectivity index (χ1) is 16.3. The standard InChI is InChI=1S/C23H24ClN5O4S/c1-26(16-6-9-28(11-16)23(32)33)22(31)27-8-7-17(12-27)29-13-25-18-10-19(34-20(18)21(29)30)14-2-4-15(24)5-3-14/h2-5,10,13,16-17H,6-9,11-12H2,1H3,(H,32,33)/t16-,17-/m1/s1. The fraction of sp³-hybridized carbons (Fsp3) is 0.391. The van der Waals surface area contributed by atoms with E-state index in [1.807, 2.05) is 30.3 Å². The summed E-state index contributed by atoms with van der Waals surface area (Å²) in [5.41, 5.74) is 1.54. The van der Waals surface area contributed by atoms with E-state index in [0.717, 1.165) is 10.4 Å². The summed E-state index contributed by atoms with van der Waals surface area (Å²) in [6, 6.07) is 8.96. The van der Waals surface area contributed by atoms with E-state index in [1.165, 1.54) is 16.2 Å². The number of carboxylic acid groups (broad SMARTS) is 1. The predicted octanol–water partition coefficient (Wildman–Crippen LogP) is 3.83. The molecule has 0 saturated carbocycles. The minimum absolute atomic E-state index is 0.101. The summed E-state index contributed by atoms with van der Waals surface area (Å²) >= 11 is 7.39. The molecule has 0 radical (unpaired) electrons. The van der Waals surface area contributed by atoms with Gasteiger partial charge in [0.05, 0.1) is 23.9 Å². The summed E-state index contributed by atoms with van der Waals surface area (Å²) in [6.45, 7) is 1.71. The molecule has 11 heteroatoms. The number of benzene rings is 1. The van der Waals surface area contributed by atoms with E-state index >= 15 is 0 Å². The van der Waals surface area contributed by atoms with Gasteiger partial charge in [-0.3, -0.25) is 9.36 Å². The van der Waals surface area contributed by atoms with Gasteiger partial charge in [-0.25, -0.2) is 14.6 Å². The zero-order chi connectivity index (χ0) is 24.0. The lowest BCUT2D eigenvalue weighted by Crippen LogP contribution is -2.46. The molecule has 4 heterocycles. The van der Waals surface area contributed by atoms with Gasteiger partial charge in [0, 0.05) is 43.1 Å². The van der Waals surface area contributed by atoms with E-state index in [0.29, 0.717) is 54.3 Å². The van der Waals surface area contributed by atoms with Gasteiger partial charge in [-0.05, 0) is 36.6 Å². The first-order valence-electron chi connectivity index (χ1n) is 11.1. The highest BCUT2D eigenvalue weighted by atomic mass is 35.5. The SMILES string of the molecule is CN(C(=O)N1CC[C@@H](n2cnc3cc(-c4ccc(Cl)cc4)sc3c2=O)C1)[C@@H]1CCN(C(=O)O)C1. The molecule has 0 unspecified atom stereocenters. The van der Waals surface area contributed by atoms with E-state index in [4.69, 9.17) is 11.6 Å². The van der Waals surface area contributed by atoms with Crippen LogP contribution in [0.2, 0.25) is 5.02 Å². The van der Waals surface area contributed by atoms with Crippen molar-refractivity contribution in [3.63, 3.8) is 0 Å². The van der Waals surface area contributed by atoms with Crippen molar-refractivity contribution < 1.29 is 14.7 Å². The maximum atomic E-state index is 13.3. The summed E-state index contributed by atoms with van der Waals surface area (Å²) in [5.74, 6) is 0. The number of likely N-dealkylation sites (tertiary alicyclic amines) is 2. The fourth-order valence-corrected chi connectivity index (χ4v) is 5.87. The highest BCUT2D eigenvalue weighted by Crippen LogP contribution is 2.32. The molecule has 2 aliphatic rings. The summed E-state index contributed by atoms with van der Waals surface area (Å²) in [7, 11) is 1.72. The molecule has 34 heavy (non-hydrogen) atoms. The number of aromatic nitrogens is 2. The molecule has 9 nitrogen and oxygen atoms in total. The Bertz CT molecular complexity index is 1310. The predicted molar refractivity (Wildman–Crippen MR) is 131 cm³/mol. The average molecular weight is 502 g/mol. The van der Waals surface area contributed by atoms with Crippen molar-refractivity contribution in [3.05, 3.63) is 52.0 Å². The monoisotopic (exact) mass is 501 g/mol. The zero-order valence-corrected chi connectivity index (χ0v) is 20.1. The lowest BCUT2D eigenvalue weighted by atomic mass is 10.2. The van der Waals surface area contributed by atoms with Crippen LogP contribution in [-0.4, -0.2) is 80.8 Å². The van der Waals surface area contributed by atoms with Crippen LogP contribution in [0.3, 0.4) is 0 Å². The summed E-state index contributed by atoms with van der Waals surface area (Å²) in [6.07, 6.45) is 1.90. The molecule has 3 aromatic rings. The summed E-state index contributed by atoms with van der Waals surface area (Å²) in [5, 5.41) is 9.83. The molecule has 2 fully saturated rings. The molecule has 3 amide bonds. The van der Waals surface area contributed by atoms with Gasteiger partial charge in [0.1, 0.15) is 4.70 Å². The van der Waals surface area contributed by atoms with Crippen LogP contribution in [0.25, 0.3) is 20.7 Å². The summed E-state index contributed by atoms with van der Waals surface area (Å²) < 4.78 is 2.23. The van der Waals surface area contributed by atoms with Crippen molar-refractivity contribution in [2.75, 3.05) is 33.2 Å². The highest BCUT2D eigenvalue weighted by Gasteiger charge is 2.35. The van der Waals surface area contributed by atoms with Crippen LogP contribution in [0.5, 0.6) is 0 Å². The van der Waals surface area contributed by atoms with Crippen LogP contribution in [0, 0.1) is 0 Å². The molecule has 2 saturated heterocycles. The number of carbonyl (C=O) groups is 2. The third-order valence-corrected chi connectivity index (χ3v) is 8.12. The number of carbonyl (C=O) groups excluding carboxylic acids is 1. The number of halogens is 1. The molecule has 2 aromatic heterocycles. The number of nitrogens with zero attached hydrogens (tertiary/aromatic N) is 5. The molecule has 2 atom stereocenters. The zero-order valence-electron chi connectivity index (χ0n) is 18.6. The number of fused-ring (bicyclic) bond motifs is 1. The number of urea groups is 1. The Balaban J connectivity index is 1.31. The van der Waals surface area contributed by atoms with Crippen LogP contribution in [-0.2, 0) is 0 Å². The maximum Gasteiger partial charge on any atom is 0.407 e. The smallest absolute Gasteiger partial charge is 0.407 e. The third-order valence-electron chi connectivity index (χ3n) is 6.70. The van der Waals surface area contributed by atoms with E-state index in [1.54, 1.807) is 27.7 Å². The molecular formula is C23H24ClN5O4S. The first kappa shape index (κ1) is 22.7. The second-order valence-corrected chi connectivity index (χ2v) is 10.2. The van der Waals surface area contributed by atoms with Gasteiger partial charge in [-0.15, -0.1) is 11.3 Å². The van der Waals surface area contributed by atoms with Crippen molar-refractivity contribution >= 4 is 45.3 Å². The van der Waals surface area contributed by atoms with Gasteiger partial charge in [0.25, 0.3) is 5.56 Å². The number of hydrogen-bond donors (Lipinski definition) is 1. The molecule has 2 aliphatic heterocycles. The van der Waals surface area contributed by atoms with Crippen molar-refractivity contribution in [3.8, 4) is 10.4 Å². The second kappa shape index (κ2) is 8.92. The van der Waals surface area contributed by atoms with E-state index < -0.39 is 6.09 Å². The number of likely N-dealkylation sites (N-methyl/N-ethyl adjacent to an activating group) is 1. The lowest BCUT2D eigenvalue weighted by molar-refractivity contribution is 0.142. The molecule has 5 rings (SSSR count). The van der Waals surface area contributed by atoms with Crippen LogP contribution >= 0.6 is 22.9 Å². The number of thiophene rings is 1. The minimum Gasteiger partial charge on any atom is -0.465 e. The number of hydrogen-bond acceptors (Lipinski definition) is 5. The third kappa shape index (κ3) is 4.12. The maximum absolute atomic E-state index is 13.3. The van der Waals surface area contributed by atoms with Gasteiger partial charge in [-0.1, -0.05) is 23.7 Å². The second-order valence-electron chi connectivity index (χ2n) is 8.74. The van der Waals surface area contributed by atoms with Crippen molar-refractivity contribution in [2.45, 2.75) is 24.9 Å². The Morgan fingerprint density at radius 3 is 2.59 bits per heavy atom. The molecule has 0 bridgehead atoms. The van der Waals surface area contributed by atoms with Crippen molar-refractivity contribution in [1.29, 1.82) is 0 Å². The van der Waals surface area contributed by atoms with Crippen LogP contribution < -0.4 is 5.56 Å².